The summed E-state index contributed by atoms with van der Waals surface area (Å²) in [7, 11) is 0. The number of nitrogens with one attached hydrogen (secondary N) is 1. The molecular formula is C7H13ClN2O. The molecule has 3 nitrogen and oxygen atoms in total. The van der Waals surface area contributed by atoms with Crippen LogP contribution in [0, 0.1) is 0 Å². The van der Waals surface area contributed by atoms with Crippen LogP contribution in [0.15, 0.2) is 0 Å². The number of hydrogen-bond donors (Lipinski definition) is 1. The average Bonchev–Trinajstić information content (AvgIpc) is 2.46. The molecule has 11 heavy (non-hydrogen) atoms. The maximum absolute atomic E-state index is 5.33. The van der Waals surface area contributed by atoms with Crippen LogP contribution in [0.25, 0.3) is 0 Å². The van der Waals surface area contributed by atoms with Crippen molar-refractivity contribution < 1.29 is 4.29 Å². The zero-order valence-electron chi connectivity index (χ0n) is 6.42. The van der Waals surface area contributed by atoms with Gasteiger partial charge in [-0.1, -0.05) is 0 Å². The van der Waals surface area contributed by atoms with E-state index in [-0.39, 0.29) is 6.10 Å². The highest BCUT2D eigenvalue weighted by Gasteiger charge is 2.33. The van der Waals surface area contributed by atoms with Crippen molar-refractivity contribution in [3.8, 4) is 0 Å². The molecule has 0 aliphatic carbocycles. The van der Waals surface area contributed by atoms with Crippen LogP contribution in [0.5, 0.6) is 0 Å². The van der Waals surface area contributed by atoms with E-state index in [0.29, 0.717) is 6.04 Å². The van der Waals surface area contributed by atoms with Gasteiger partial charge in [-0.3, -0.25) is 9.19 Å². The molecule has 0 radical (unpaired) electrons. The van der Waals surface area contributed by atoms with E-state index in [1.165, 1.54) is 0 Å². The van der Waals surface area contributed by atoms with E-state index in [1.54, 1.807) is 0 Å². The Morgan fingerprint density at radius 1 is 1.55 bits per heavy atom. The van der Waals surface area contributed by atoms with Gasteiger partial charge in [-0.2, -0.15) is 0 Å². The molecule has 2 saturated heterocycles. The van der Waals surface area contributed by atoms with Crippen molar-refractivity contribution in [2.45, 2.75) is 18.6 Å². The SMILES string of the molecule is ClOC1CC2CNCCN2C1. The first-order valence-corrected chi connectivity index (χ1v) is 4.43. The van der Waals surface area contributed by atoms with Crippen molar-refractivity contribution in [3.05, 3.63) is 0 Å². The lowest BCUT2D eigenvalue weighted by Gasteiger charge is -2.29. The quantitative estimate of drug-likeness (QED) is 0.618. The zero-order valence-corrected chi connectivity index (χ0v) is 7.18. The first kappa shape index (κ1) is 7.80. The summed E-state index contributed by atoms with van der Waals surface area (Å²) in [5.41, 5.74) is 0. The van der Waals surface area contributed by atoms with E-state index < -0.39 is 0 Å². The van der Waals surface area contributed by atoms with Gasteiger partial charge in [-0.15, -0.1) is 0 Å². The number of hydrogen-bond acceptors (Lipinski definition) is 3. The molecule has 2 heterocycles. The summed E-state index contributed by atoms with van der Waals surface area (Å²) >= 11 is 5.33. The first-order chi connectivity index (χ1) is 5.40. The van der Waals surface area contributed by atoms with Gasteiger partial charge in [0, 0.05) is 32.2 Å². The fourth-order valence-electron chi connectivity index (χ4n) is 1.98. The minimum Gasteiger partial charge on any atom is -0.314 e. The van der Waals surface area contributed by atoms with Gasteiger partial charge in [0.15, 0.2) is 0 Å². The Bertz CT molecular complexity index is 130. The van der Waals surface area contributed by atoms with Crippen LogP contribution in [0.4, 0.5) is 0 Å². The first-order valence-electron chi connectivity index (χ1n) is 4.12. The fourth-order valence-corrected chi connectivity index (χ4v) is 2.11. The second-order valence-electron chi connectivity index (χ2n) is 3.30. The van der Waals surface area contributed by atoms with Crippen LogP contribution < -0.4 is 5.32 Å². The van der Waals surface area contributed by atoms with Gasteiger partial charge in [0.2, 0.25) is 0 Å². The highest BCUT2D eigenvalue weighted by Crippen LogP contribution is 2.21. The van der Waals surface area contributed by atoms with Gasteiger partial charge in [0.25, 0.3) is 0 Å². The Hall–Kier alpha value is 0.170. The van der Waals surface area contributed by atoms with Crippen molar-refractivity contribution in [1.82, 2.24) is 10.2 Å². The summed E-state index contributed by atoms with van der Waals surface area (Å²) < 4.78 is 4.81. The summed E-state index contributed by atoms with van der Waals surface area (Å²) in [6, 6.07) is 0.660. The Morgan fingerprint density at radius 2 is 2.45 bits per heavy atom. The zero-order chi connectivity index (χ0) is 7.68. The molecule has 2 rings (SSSR count). The van der Waals surface area contributed by atoms with Crippen LogP contribution in [0.3, 0.4) is 0 Å². The Kier molecular flexibility index (Phi) is 2.32. The molecule has 0 bridgehead atoms. The van der Waals surface area contributed by atoms with E-state index in [0.717, 1.165) is 32.6 Å². The molecule has 0 aromatic heterocycles. The Balaban J connectivity index is 1.92. The molecule has 64 valence electrons. The summed E-state index contributed by atoms with van der Waals surface area (Å²) in [5, 5.41) is 3.36. The molecule has 0 aromatic rings. The largest absolute Gasteiger partial charge is 0.314 e. The molecule has 2 aliphatic heterocycles. The van der Waals surface area contributed by atoms with E-state index in [1.807, 2.05) is 0 Å². The van der Waals surface area contributed by atoms with Crippen LogP contribution in [0.2, 0.25) is 0 Å². The highest BCUT2D eigenvalue weighted by atomic mass is 35.5. The Labute approximate surface area is 71.8 Å². The maximum Gasteiger partial charge on any atom is 0.0932 e. The van der Waals surface area contributed by atoms with Gasteiger partial charge in [0.1, 0.15) is 0 Å². The predicted octanol–water partition coefficient (Wildman–Crippen LogP) is 0.203. The van der Waals surface area contributed by atoms with E-state index in [9.17, 15) is 0 Å². The molecule has 2 unspecified atom stereocenters. The summed E-state index contributed by atoms with van der Waals surface area (Å²) in [4.78, 5) is 2.45. The van der Waals surface area contributed by atoms with Gasteiger partial charge >= 0.3 is 0 Å². The van der Waals surface area contributed by atoms with E-state index >= 15 is 0 Å². The normalized spacial score (nSPS) is 39.0. The topological polar surface area (TPSA) is 24.5 Å². The lowest BCUT2D eigenvalue weighted by atomic mass is 10.2. The number of rotatable bonds is 1. The molecular weight excluding hydrogens is 164 g/mol. The lowest BCUT2D eigenvalue weighted by molar-refractivity contribution is 0.194. The molecule has 0 amide bonds. The third kappa shape index (κ3) is 1.51. The number of halogens is 1. The van der Waals surface area contributed by atoms with Crippen molar-refractivity contribution in [2.24, 2.45) is 0 Å². The summed E-state index contributed by atoms with van der Waals surface area (Å²) in [6.07, 6.45) is 1.33. The minimum absolute atomic E-state index is 0.251. The van der Waals surface area contributed by atoms with Crippen LogP contribution in [0.1, 0.15) is 6.42 Å². The van der Waals surface area contributed by atoms with Gasteiger partial charge in [-0.05, 0) is 6.42 Å². The summed E-state index contributed by atoms with van der Waals surface area (Å²) in [5.74, 6) is 0. The maximum atomic E-state index is 5.33. The molecule has 0 saturated carbocycles. The molecule has 4 heteroatoms. The highest BCUT2D eigenvalue weighted by molar-refractivity contribution is 6.07. The fraction of sp³-hybridized carbons (Fsp3) is 1.00. The Morgan fingerprint density at radius 3 is 3.18 bits per heavy atom. The molecule has 2 atom stereocenters. The average molecular weight is 177 g/mol. The second-order valence-corrected chi connectivity index (χ2v) is 3.48. The van der Waals surface area contributed by atoms with Gasteiger partial charge in [-0.25, -0.2) is 0 Å². The monoisotopic (exact) mass is 176 g/mol. The molecule has 1 N–H and O–H groups in total. The second kappa shape index (κ2) is 3.27. The van der Waals surface area contributed by atoms with Crippen LogP contribution in [-0.4, -0.2) is 43.2 Å². The molecule has 2 aliphatic rings. The van der Waals surface area contributed by atoms with Gasteiger partial charge < -0.3 is 5.32 Å². The number of nitrogens with zero attached hydrogens (tertiary/aromatic N) is 1. The van der Waals surface area contributed by atoms with Crippen molar-refractivity contribution in [1.29, 1.82) is 0 Å². The van der Waals surface area contributed by atoms with Crippen molar-refractivity contribution >= 4 is 11.9 Å². The standard InChI is InChI=1S/C7H13ClN2O/c8-11-7-3-6-4-9-1-2-10(6)5-7/h6-7,9H,1-5H2. The van der Waals surface area contributed by atoms with Crippen molar-refractivity contribution in [2.75, 3.05) is 26.2 Å². The number of fused-ring (bicyclic) bond motifs is 1. The predicted molar refractivity (Wildman–Crippen MR) is 43.6 cm³/mol. The molecule has 2 fully saturated rings. The minimum atomic E-state index is 0.251. The van der Waals surface area contributed by atoms with Crippen LogP contribution >= 0.6 is 11.9 Å². The lowest BCUT2D eigenvalue weighted by Crippen LogP contribution is -2.47. The number of piperazine rings is 1. The molecule has 0 aromatic carbocycles. The summed E-state index contributed by atoms with van der Waals surface area (Å²) in [6.45, 7) is 4.35. The van der Waals surface area contributed by atoms with E-state index in [2.05, 4.69) is 10.2 Å². The third-order valence-electron chi connectivity index (χ3n) is 2.57. The smallest absolute Gasteiger partial charge is 0.0932 e. The molecule has 0 spiro atoms. The van der Waals surface area contributed by atoms with Gasteiger partial charge in [0.05, 0.1) is 18.0 Å². The third-order valence-corrected chi connectivity index (χ3v) is 2.82. The van der Waals surface area contributed by atoms with Crippen LogP contribution in [-0.2, 0) is 4.29 Å². The van der Waals surface area contributed by atoms with Crippen molar-refractivity contribution in [3.63, 3.8) is 0 Å². The van der Waals surface area contributed by atoms with E-state index in [4.69, 9.17) is 16.2 Å².